The summed E-state index contributed by atoms with van der Waals surface area (Å²) in [5, 5.41) is 0. The molecule has 0 saturated carbocycles. The number of hydrogen-bond acceptors (Lipinski definition) is 2. The molecule has 0 saturated heterocycles. The second-order valence-electron chi connectivity index (χ2n) is 14.7. The number of nitrogens with one attached hydrogen (secondary N) is 2. The number of rotatable bonds is 8. The van der Waals surface area contributed by atoms with E-state index in [2.05, 4.69) is 183 Å². The highest BCUT2D eigenvalue weighted by molar-refractivity contribution is 5.99. The summed E-state index contributed by atoms with van der Waals surface area (Å²) in [5.41, 5.74) is 21.7. The Bertz CT molecular complexity index is 2410. The average Bonchev–Trinajstić information content (AvgIpc) is 4.10. The fraction of sp³-hybridized carbons (Fsp3) is 0.154. The van der Waals surface area contributed by atoms with Gasteiger partial charge in [0, 0.05) is 44.3 Å². The topological polar surface area (TPSA) is 57.4 Å². The van der Waals surface area contributed by atoms with Gasteiger partial charge in [0.15, 0.2) is 0 Å². The Morgan fingerprint density at radius 2 is 0.518 bits per heavy atom. The summed E-state index contributed by atoms with van der Waals surface area (Å²) >= 11 is 0. The first-order valence-electron chi connectivity index (χ1n) is 20.1. The zero-order chi connectivity index (χ0) is 38.2. The van der Waals surface area contributed by atoms with E-state index in [4.69, 9.17) is 9.97 Å². The monoisotopic (exact) mass is 726 g/mol. The normalized spacial score (nSPS) is 12.1. The molecule has 0 aliphatic carbocycles. The summed E-state index contributed by atoms with van der Waals surface area (Å²) in [5.74, 6) is 0. The lowest BCUT2D eigenvalue weighted by Gasteiger charge is -2.08. The Morgan fingerprint density at radius 3 is 0.714 bits per heavy atom. The van der Waals surface area contributed by atoms with Crippen LogP contribution in [0.1, 0.15) is 72.7 Å². The summed E-state index contributed by atoms with van der Waals surface area (Å²) in [6.45, 7) is 8.79. The number of fused-ring (bicyclic) bond motifs is 8. The van der Waals surface area contributed by atoms with Gasteiger partial charge in [0.05, 0.1) is 22.8 Å². The average molecular weight is 727 g/mol. The lowest BCUT2D eigenvalue weighted by Crippen LogP contribution is -1.90. The van der Waals surface area contributed by atoms with Gasteiger partial charge in [-0.25, -0.2) is 9.97 Å². The molecule has 2 aliphatic rings. The smallest absolute Gasteiger partial charge is 0.0737 e. The fourth-order valence-electron chi connectivity index (χ4n) is 8.05. The Labute approximate surface area is 329 Å². The van der Waals surface area contributed by atoms with E-state index in [0.29, 0.717) is 0 Å². The predicted molar refractivity (Wildman–Crippen MR) is 238 cm³/mol. The van der Waals surface area contributed by atoms with Crippen molar-refractivity contribution in [3.05, 3.63) is 166 Å². The summed E-state index contributed by atoms with van der Waals surface area (Å²) in [4.78, 5) is 18.7. The Morgan fingerprint density at radius 1 is 0.304 bits per heavy atom. The number of hydrogen-bond donors (Lipinski definition) is 2. The maximum Gasteiger partial charge on any atom is 0.0737 e. The largest absolute Gasteiger partial charge is 0.354 e. The Kier molecular flexibility index (Phi) is 9.40. The molecule has 274 valence electrons. The predicted octanol–water partition coefficient (Wildman–Crippen LogP) is 13.6. The molecule has 4 heteroatoms. The van der Waals surface area contributed by atoms with Gasteiger partial charge in [-0.3, -0.25) is 0 Å². The summed E-state index contributed by atoms with van der Waals surface area (Å²) in [6, 6.07) is 44.5. The number of aryl methyl sites for hydroxylation is 4. The van der Waals surface area contributed by atoms with Gasteiger partial charge in [-0.05, 0) is 119 Å². The van der Waals surface area contributed by atoms with Crippen molar-refractivity contribution in [2.45, 2.75) is 53.4 Å². The molecule has 3 aromatic heterocycles. The van der Waals surface area contributed by atoms with Crippen molar-refractivity contribution >= 4 is 46.4 Å². The van der Waals surface area contributed by atoms with E-state index in [-0.39, 0.29) is 0 Å². The van der Waals surface area contributed by atoms with E-state index in [9.17, 15) is 0 Å². The van der Waals surface area contributed by atoms with E-state index in [0.717, 1.165) is 115 Å². The molecule has 0 radical (unpaired) electrons. The van der Waals surface area contributed by atoms with Gasteiger partial charge < -0.3 is 9.97 Å². The van der Waals surface area contributed by atoms with Crippen LogP contribution in [0.2, 0.25) is 0 Å². The van der Waals surface area contributed by atoms with Crippen molar-refractivity contribution in [3.63, 3.8) is 0 Å². The minimum atomic E-state index is 0.921. The Hall–Kier alpha value is -6.52. The van der Waals surface area contributed by atoms with E-state index < -0.39 is 0 Å². The lowest BCUT2D eigenvalue weighted by molar-refractivity contribution is 1.14. The second kappa shape index (κ2) is 15.0. The molecule has 5 heterocycles. The van der Waals surface area contributed by atoms with E-state index in [1.165, 1.54) is 22.3 Å². The minimum Gasteiger partial charge on any atom is -0.354 e. The van der Waals surface area contributed by atoms with E-state index in [1.54, 1.807) is 0 Å². The van der Waals surface area contributed by atoms with Gasteiger partial charge in [0.1, 0.15) is 0 Å². The van der Waals surface area contributed by atoms with Gasteiger partial charge in [-0.1, -0.05) is 125 Å². The fourth-order valence-corrected chi connectivity index (χ4v) is 8.05. The molecule has 8 bridgehead atoms. The molecular weight excluding hydrogens is 681 g/mol. The number of aromatic nitrogens is 4. The van der Waals surface area contributed by atoms with Crippen molar-refractivity contribution in [1.82, 2.24) is 19.9 Å². The highest BCUT2D eigenvalue weighted by Crippen LogP contribution is 2.38. The van der Waals surface area contributed by atoms with Crippen molar-refractivity contribution in [2.75, 3.05) is 0 Å². The molecule has 0 amide bonds. The van der Waals surface area contributed by atoms with Crippen LogP contribution >= 0.6 is 0 Å². The highest BCUT2D eigenvalue weighted by Gasteiger charge is 2.19. The van der Waals surface area contributed by atoms with Crippen LogP contribution in [0.15, 0.2) is 121 Å². The van der Waals surface area contributed by atoms with Crippen molar-refractivity contribution in [2.24, 2.45) is 0 Å². The van der Waals surface area contributed by atoms with Crippen LogP contribution in [-0.4, -0.2) is 19.9 Å². The number of aromatic amines is 2. The maximum absolute atomic E-state index is 5.47. The SMILES string of the molecule is CCc1ccc(-c2c3nc(c(-c4ccc(CC)cc4)c4ccc([nH]4)c(-c4ccc(CC)cc4)c4nc(c(-c5ccc(CC)cc5)c5ccc2[nH]5)C=C4)C=C3)cc1. The first-order valence-corrected chi connectivity index (χ1v) is 20.1. The third-order valence-corrected chi connectivity index (χ3v) is 11.4. The van der Waals surface area contributed by atoms with E-state index >= 15 is 0 Å². The van der Waals surface area contributed by atoms with Gasteiger partial charge >= 0.3 is 0 Å². The van der Waals surface area contributed by atoms with Gasteiger partial charge in [0.25, 0.3) is 0 Å². The molecular formula is C52H46N4. The lowest BCUT2D eigenvalue weighted by atomic mass is 10.0. The zero-order valence-electron chi connectivity index (χ0n) is 32.6. The van der Waals surface area contributed by atoms with Crippen LogP contribution in [0, 0.1) is 0 Å². The van der Waals surface area contributed by atoms with Crippen molar-refractivity contribution in [3.8, 4) is 44.5 Å². The third kappa shape index (κ3) is 6.51. The first-order chi connectivity index (χ1) is 27.5. The molecule has 0 unspecified atom stereocenters. The maximum atomic E-state index is 5.47. The molecule has 0 spiro atoms. The number of benzene rings is 4. The highest BCUT2D eigenvalue weighted by atomic mass is 14.8. The molecule has 9 rings (SSSR count). The van der Waals surface area contributed by atoms with Crippen LogP contribution in [0.25, 0.3) is 90.9 Å². The van der Waals surface area contributed by atoms with Crippen LogP contribution in [0.4, 0.5) is 0 Å². The number of H-pyrrole nitrogens is 2. The summed E-state index contributed by atoms with van der Waals surface area (Å²) in [7, 11) is 0. The van der Waals surface area contributed by atoms with Gasteiger partial charge in [-0.15, -0.1) is 0 Å². The van der Waals surface area contributed by atoms with Crippen molar-refractivity contribution in [1.29, 1.82) is 0 Å². The minimum absolute atomic E-state index is 0.921. The molecule has 0 atom stereocenters. The molecule has 2 N–H and O–H groups in total. The Balaban J connectivity index is 1.44. The quantitative estimate of drug-likeness (QED) is 0.164. The third-order valence-electron chi connectivity index (χ3n) is 11.4. The van der Waals surface area contributed by atoms with Crippen LogP contribution in [0.5, 0.6) is 0 Å². The van der Waals surface area contributed by atoms with Gasteiger partial charge in [0.2, 0.25) is 0 Å². The molecule has 2 aliphatic heterocycles. The van der Waals surface area contributed by atoms with Crippen LogP contribution < -0.4 is 0 Å². The second-order valence-corrected chi connectivity index (χ2v) is 14.7. The molecule has 7 aromatic rings. The standard InChI is InChI=1S/C52H46N4/c1-5-33-9-17-37(18-10-33)49-41-25-27-43(53-41)50(38-19-11-34(6-2)12-20-38)45-29-31-47(55-45)52(40-23-15-36(8-4)16-24-40)48-32-30-46(56-48)51(44-28-26-42(49)54-44)39-21-13-35(7-3)14-22-39/h9-32,53,56H,5-8H2,1-4H3. The number of nitrogens with zero attached hydrogens (tertiary/aromatic N) is 2. The zero-order valence-corrected chi connectivity index (χ0v) is 32.6. The first kappa shape index (κ1) is 35.2. The molecule has 0 fully saturated rings. The van der Waals surface area contributed by atoms with Crippen molar-refractivity contribution < 1.29 is 0 Å². The summed E-state index contributed by atoms with van der Waals surface area (Å²) in [6.07, 6.45) is 12.6. The van der Waals surface area contributed by atoms with Gasteiger partial charge in [-0.2, -0.15) is 0 Å². The molecule has 4 aromatic carbocycles. The van der Waals surface area contributed by atoms with Crippen LogP contribution in [-0.2, 0) is 25.7 Å². The van der Waals surface area contributed by atoms with E-state index in [1.807, 2.05) is 0 Å². The van der Waals surface area contributed by atoms with Crippen LogP contribution in [0.3, 0.4) is 0 Å². The molecule has 56 heavy (non-hydrogen) atoms. The summed E-state index contributed by atoms with van der Waals surface area (Å²) < 4.78 is 0. The molecule has 4 nitrogen and oxygen atoms in total.